The fourth-order valence-electron chi connectivity index (χ4n) is 4.03. The van der Waals surface area contributed by atoms with Crippen molar-refractivity contribution in [2.24, 2.45) is 0 Å². The van der Waals surface area contributed by atoms with E-state index in [-0.39, 0.29) is 24.5 Å². The molecular formula is C29H28O9. The largest absolute Gasteiger partial charge is 0.497 e. The predicted octanol–water partition coefficient (Wildman–Crippen LogP) is 5.05. The SMILES string of the molecule is CCCOc1cccc(C=C(Cc2ccc3c(c2)OCO3)C(=O)O)c1-c1ccc(OC)cc1OCC(=O)O. The third-order valence-electron chi connectivity index (χ3n) is 5.77. The van der Waals surface area contributed by atoms with Gasteiger partial charge in [-0.05, 0) is 54.0 Å². The highest BCUT2D eigenvalue weighted by atomic mass is 16.7. The first-order valence-electron chi connectivity index (χ1n) is 12.0. The van der Waals surface area contributed by atoms with E-state index in [1.807, 2.05) is 6.92 Å². The molecule has 1 aliphatic heterocycles. The van der Waals surface area contributed by atoms with E-state index in [0.29, 0.717) is 46.3 Å². The number of aliphatic carboxylic acids is 2. The van der Waals surface area contributed by atoms with Crippen LogP contribution in [0.3, 0.4) is 0 Å². The first kappa shape index (κ1) is 26.4. The van der Waals surface area contributed by atoms with E-state index in [2.05, 4.69) is 0 Å². The summed E-state index contributed by atoms with van der Waals surface area (Å²) < 4.78 is 27.7. The molecule has 0 radical (unpaired) electrons. The van der Waals surface area contributed by atoms with Crippen LogP contribution in [0.1, 0.15) is 24.5 Å². The van der Waals surface area contributed by atoms with Crippen molar-refractivity contribution in [3.8, 4) is 39.9 Å². The maximum atomic E-state index is 12.3. The van der Waals surface area contributed by atoms with Crippen LogP contribution in [-0.2, 0) is 16.0 Å². The van der Waals surface area contributed by atoms with Gasteiger partial charge in [0.1, 0.15) is 17.2 Å². The molecule has 0 saturated heterocycles. The summed E-state index contributed by atoms with van der Waals surface area (Å²) in [5, 5.41) is 19.3. The van der Waals surface area contributed by atoms with Crippen LogP contribution < -0.4 is 23.7 Å². The molecule has 0 aromatic heterocycles. The highest BCUT2D eigenvalue weighted by molar-refractivity contribution is 5.95. The third-order valence-corrected chi connectivity index (χ3v) is 5.77. The predicted molar refractivity (Wildman–Crippen MR) is 139 cm³/mol. The molecule has 38 heavy (non-hydrogen) atoms. The van der Waals surface area contributed by atoms with E-state index in [1.165, 1.54) is 7.11 Å². The Hall–Kier alpha value is -4.66. The molecule has 0 amide bonds. The number of hydrogen-bond acceptors (Lipinski definition) is 7. The van der Waals surface area contributed by atoms with Gasteiger partial charge in [-0.3, -0.25) is 0 Å². The quantitative estimate of drug-likeness (QED) is 0.316. The monoisotopic (exact) mass is 520 g/mol. The van der Waals surface area contributed by atoms with E-state index >= 15 is 0 Å². The van der Waals surface area contributed by atoms with Crippen LogP contribution in [0.2, 0.25) is 0 Å². The zero-order valence-electron chi connectivity index (χ0n) is 21.1. The van der Waals surface area contributed by atoms with Crippen LogP contribution in [-0.4, -0.2) is 49.3 Å². The summed E-state index contributed by atoms with van der Waals surface area (Å²) in [7, 11) is 1.50. The van der Waals surface area contributed by atoms with Crippen molar-refractivity contribution in [3.05, 3.63) is 71.3 Å². The molecule has 1 heterocycles. The molecule has 0 atom stereocenters. The second-order valence-corrected chi connectivity index (χ2v) is 8.45. The number of carboxylic acid groups (broad SMARTS) is 2. The Morgan fingerprint density at radius 3 is 2.53 bits per heavy atom. The second kappa shape index (κ2) is 12.1. The zero-order chi connectivity index (χ0) is 27.1. The van der Waals surface area contributed by atoms with Crippen LogP contribution in [0.25, 0.3) is 17.2 Å². The number of methoxy groups -OCH3 is 1. The van der Waals surface area contributed by atoms with Gasteiger partial charge in [0.2, 0.25) is 6.79 Å². The Kier molecular flexibility index (Phi) is 8.37. The Bertz CT molecular complexity index is 1360. The molecule has 0 fully saturated rings. The Morgan fingerprint density at radius 2 is 1.79 bits per heavy atom. The van der Waals surface area contributed by atoms with Gasteiger partial charge in [-0.25, -0.2) is 9.59 Å². The number of ether oxygens (including phenoxy) is 5. The van der Waals surface area contributed by atoms with Crippen molar-refractivity contribution in [2.45, 2.75) is 19.8 Å². The van der Waals surface area contributed by atoms with Crippen LogP contribution in [0.15, 0.2) is 60.2 Å². The molecule has 2 N–H and O–H groups in total. The van der Waals surface area contributed by atoms with Gasteiger partial charge in [-0.1, -0.05) is 25.1 Å². The molecule has 9 nitrogen and oxygen atoms in total. The maximum absolute atomic E-state index is 12.3. The van der Waals surface area contributed by atoms with Gasteiger partial charge in [0.25, 0.3) is 0 Å². The van der Waals surface area contributed by atoms with E-state index < -0.39 is 18.5 Å². The number of rotatable bonds is 12. The fraction of sp³-hybridized carbons (Fsp3) is 0.241. The lowest BCUT2D eigenvalue weighted by molar-refractivity contribution is -0.139. The van der Waals surface area contributed by atoms with Crippen molar-refractivity contribution in [3.63, 3.8) is 0 Å². The van der Waals surface area contributed by atoms with E-state index in [0.717, 1.165) is 12.0 Å². The minimum absolute atomic E-state index is 0.127. The standard InChI is InChI=1S/C29H28O9/c1-3-11-35-24-6-4-5-19(28(24)22-9-8-21(34-2)15-25(22)36-16-27(30)31)14-20(29(32)33)12-18-7-10-23-26(13-18)38-17-37-23/h4-10,13-15H,3,11-12,16-17H2,1-2H3,(H,30,31)(H,32,33). The van der Waals surface area contributed by atoms with Gasteiger partial charge < -0.3 is 33.9 Å². The Balaban J connectivity index is 1.82. The minimum atomic E-state index is -1.13. The van der Waals surface area contributed by atoms with Crippen LogP contribution in [0.5, 0.6) is 28.7 Å². The summed E-state index contributed by atoms with van der Waals surface area (Å²) >= 11 is 0. The van der Waals surface area contributed by atoms with Gasteiger partial charge in [0.15, 0.2) is 18.1 Å². The van der Waals surface area contributed by atoms with Crippen molar-refractivity contribution in [1.82, 2.24) is 0 Å². The van der Waals surface area contributed by atoms with Crippen LogP contribution >= 0.6 is 0 Å². The molecule has 9 heteroatoms. The van der Waals surface area contributed by atoms with Crippen LogP contribution in [0, 0.1) is 0 Å². The molecule has 1 aliphatic rings. The molecule has 4 rings (SSSR count). The zero-order valence-corrected chi connectivity index (χ0v) is 21.1. The first-order chi connectivity index (χ1) is 18.4. The van der Waals surface area contributed by atoms with E-state index in [4.69, 9.17) is 23.7 Å². The first-order valence-corrected chi connectivity index (χ1v) is 12.0. The van der Waals surface area contributed by atoms with Gasteiger partial charge in [-0.15, -0.1) is 0 Å². The summed E-state index contributed by atoms with van der Waals surface area (Å²) in [4.78, 5) is 23.6. The van der Waals surface area contributed by atoms with E-state index in [1.54, 1.807) is 60.7 Å². The van der Waals surface area contributed by atoms with Crippen molar-refractivity contribution >= 4 is 18.0 Å². The summed E-state index contributed by atoms with van der Waals surface area (Å²) in [6, 6.07) is 15.7. The average Bonchev–Trinajstić information content (AvgIpc) is 3.38. The lowest BCUT2D eigenvalue weighted by atomic mass is 9.94. The van der Waals surface area contributed by atoms with Gasteiger partial charge in [0, 0.05) is 29.2 Å². The van der Waals surface area contributed by atoms with Crippen molar-refractivity contribution < 1.29 is 43.5 Å². The highest BCUT2D eigenvalue weighted by Crippen LogP contribution is 2.42. The number of carbonyl (C=O) groups is 2. The molecule has 3 aromatic rings. The van der Waals surface area contributed by atoms with Crippen molar-refractivity contribution in [2.75, 3.05) is 27.1 Å². The minimum Gasteiger partial charge on any atom is -0.497 e. The summed E-state index contributed by atoms with van der Waals surface area (Å²) in [6.07, 6.45) is 2.48. The normalized spacial score (nSPS) is 12.2. The topological polar surface area (TPSA) is 121 Å². The summed E-state index contributed by atoms with van der Waals surface area (Å²) in [5.41, 5.74) is 2.57. The number of hydrogen-bond donors (Lipinski definition) is 2. The molecule has 0 aliphatic carbocycles. The van der Waals surface area contributed by atoms with Gasteiger partial charge in [0.05, 0.1) is 13.7 Å². The molecule has 198 valence electrons. The average molecular weight is 521 g/mol. The van der Waals surface area contributed by atoms with Crippen molar-refractivity contribution in [1.29, 1.82) is 0 Å². The van der Waals surface area contributed by atoms with Gasteiger partial charge >= 0.3 is 11.9 Å². The third kappa shape index (κ3) is 6.18. The molecule has 0 unspecified atom stereocenters. The summed E-state index contributed by atoms with van der Waals surface area (Å²) in [6.45, 7) is 1.98. The lowest BCUT2D eigenvalue weighted by Crippen LogP contribution is -2.10. The second-order valence-electron chi connectivity index (χ2n) is 8.45. The van der Waals surface area contributed by atoms with Crippen LogP contribution in [0.4, 0.5) is 0 Å². The van der Waals surface area contributed by atoms with Gasteiger partial charge in [-0.2, -0.15) is 0 Å². The number of fused-ring (bicyclic) bond motifs is 1. The molecular weight excluding hydrogens is 492 g/mol. The number of carboxylic acids is 2. The summed E-state index contributed by atoms with van der Waals surface area (Å²) in [5.74, 6) is 0.233. The molecule has 0 spiro atoms. The van der Waals surface area contributed by atoms with E-state index in [9.17, 15) is 19.8 Å². The molecule has 0 bridgehead atoms. The highest BCUT2D eigenvalue weighted by Gasteiger charge is 2.20. The maximum Gasteiger partial charge on any atom is 0.341 e. The number of benzene rings is 3. The molecule has 3 aromatic carbocycles. The Morgan fingerprint density at radius 1 is 0.974 bits per heavy atom. The smallest absolute Gasteiger partial charge is 0.341 e. The Labute approximate surface area is 219 Å². The lowest BCUT2D eigenvalue weighted by Gasteiger charge is -2.18. The molecule has 0 saturated carbocycles. The fourth-order valence-corrected chi connectivity index (χ4v) is 4.03.